The molecular weight excluding hydrogens is 262 g/mol. The van der Waals surface area contributed by atoms with Crippen molar-refractivity contribution < 1.29 is 20.1 Å². The number of nitrogens with one attached hydrogen (secondary N) is 1. The molecule has 1 atom stereocenters. The minimum absolute atomic E-state index is 0. The van der Waals surface area contributed by atoms with Crippen molar-refractivity contribution in [1.82, 2.24) is 5.32 Å². The van der Waals surface area contributed by atoms with E-state index in [-0.39, 0.29) is 7.43 Å². The van der Waals surface area contributed by atoms with Crippen molar-refractivity contribution in [3.63, 3.8) is 0 Å². The van der Waals surface area contributed by atoms with E-state index in [4.69, 9.17) is 15.0 Å². The van der Waals surface area contributed by atoms with Crippen LogP contribution in [0, 0.1) is 0 Å². The number of aliphatic hydroxyl groups is 1. The Morgan fingerprint density at radius 1 is 1.24 bits per heavy atom. The summed E-state index contributed by atoms with van der Waals surface area (Å²) in [5, 5.41) is 15.3. The smallest absolute Gasteiger partial charge is 0.127 e. The normalized spacial score (nSPS) is 13.1. The fraction of sp³-hybridized carbons (Fsp3) is 0.444. The molecule has 0 amide bonds. The molecule has 0 aliphatic heterocycles. The predicted molar refractivity (Wildman–Crippen MR) is 98.4 cm³/mol. The third-order valence-corrected chi connectivity index (χ3v) is 2.94. The topological polar surface area (TPSA) is 41.5 Å². The van der Waals surface area contributed by atoms with Crippen LogP contribution >= 0.6 is 0 Å². The molecule has 0 fully saturated rings. The molecule has 3 nitrogen and oxygen atoms in total. The Kier molecular flexibility index (Phi) is 5.85. The van der Waals surface area contributed by atoms with Crippen LogP contribution in [-0.2, 0) is 0 Å². The average molecular weight is 305 g/mol. The lowest BCUT2D eigenvalue weighted by atomic mass is 10.1. The summed E-state index contributed by atoms with van der Waals surface area (Å²) in [5.41, 5.74) is 0. The average Bonchev–Trinajstić information content (AvgIpc) is 2.76. The third kappa shape index (κ3) is 5.74. The van der Waals surface area contributed by atoms with Gasteiger partial charge in [0.05, 0.1) is 0 Å². The molecule has 0 aliphatic carbocycles. The summed E-state index contributed by atoms with van der Waals surface area (Å²) in [5.74, 6) is 0.821. The molecule has 0 saturated heterocycles. The SMILES string of the molecule is C.CC(C)NCC(O)COc1cccc2ccccc12.[2H]C.[2H][2H].[2H][2H].[2H][2H]. The number of benzene rings is 2. The Morgan fingerprint density at radius 3 is 2.62 bits per heavy atom. The molecule has 2 N–H and O–H groups in total. The summed E-state index contributed by atoms with van der Waals surface area (Å²) in [4.78, 5) is 0. The van der Waals surface area contributed by atoms with Gasteiger partial charge in [0.2, 0.25) is 0 Å². The first-order valence-electron chi connectivity index (χ1n) is 10.7. The second kappa shape index (κ2) is 9.37. The van der Waals surface area contributed by atoms with Gasteiger partial charge in [-0.1, -0.05) is 65.1 Å². The Morgan fingerprint density at radius 2 is 1.90 bits per heavy atom. The standard InChI is InChI=1S/C16H21NO2.2CH4.3H2/c1-12(2)17-10-14(18)11-19-16-9-5-7-13-6-3-4-8-15(13)16;;;;;/h3-9,12,14,17-18H,10-11H2,1-2H3;2*1H4;3*1H/i;1D;;3*1+1D. The van der Waals surface area contributed by atoms with Gasteiger partial charge in [0.25, 0.3) is 0 Å². The Hall–Kier alpha value is -1.58. The van der Waals surface area contributed by atoms with Crippen molar-refractivity contribution in [2.24, 2.45) is 0 Å². The maximum Gasteiger partial charge on any atom is 0.127 e. The fourth-order valence-electron chi connectivity index (χ4n) is 1.94. The van der Waals surface area contributed by atoms with Gasteiger partial charge < -0.3 is 15.2 Å². The predicted octanol–water partition coefficient (Wildman–Crippen LogP) is 4.59. The van der Waals surface area contributed by atoms with Crippen LogP contribution in [0.3, 0.4) is 0 Å². The van der Waals surface area contributed by atoms with Crippen LogP contribution in [0.25, 0.3) is 10.8 Å². The summed E-state index contributed by atoms with van der Waals surface area (Å²) in [7, 11) is 1.25. The van der Waals surface area contributed by atoms with E-state index in [1.165, 1.54) is 7.40 Å². The second-order valence-corrected chi connectivity index (χ2v) is 5.01. The molecular formula is C18H35NO2. The van der Waals surface area contributed by atoms with Crippen molar-refractivity contribution >= 4 is 10.8 Å². The molecule has 0 heterocycles. The van der Waals surface area contributed by atoms with Gasteiger partial charge in [0.1, 0.15) is 18.5 Å². The molecule has 0 radical (unpaired) electrons. The Bertz CT molecular complexity index is 543. The second-order valence-electron chi connectivity index (χ2n) is 5.01. The highest BCUT2D eigenvalue weighted by Gasteiger charge is 2.07. The number of hydrogen-bond donors (Lipinski definition) is 2. The van der Waals surface area contributed by atoms with Crippen LogP contribution in [-0.4, -0.2) is 30.4 Å². The van der Waals surface area contributed by atoms with E-state index in [2.05, 4.69) is 31.3 Å². The summed E-state index contributed by atoms with van der Waals surface area (Å²) < 4.78 is 41.5. The summed E-state index contributed by atoms with van der Waals surface area (Å²) in [6.45, 7) is 4.95. The van der Waals surface area contributed by atoms with Crippen LogP contribution in [0.4, 0.5) is 0 Å². The molecule has 21 heavy (non-hydrogen) atoms. The van der Waals surface area contributed by atoms with Gasteiger partial charge in [-0.15, -0.1) is 0 Å². The van der Waals surface area contributed by atoms with Gasteiger partial charge in [-0.05, 0) is 11.5 Å². The largest absolute Gasteiger partial charge is 0.490 e. The van der Waals surface area contributed by atoms with Crippen LogP contribution in [0.5, 0.6) is 5.75 Å². The van der Waals surface area contributed by atoms with Crippen LogP contribution in [0.15, 0.2) is 42.5 Å². The molecule has 2 rings (SSSR count). The summed E-state index contributed by atoms with van der Waals surface area (Å²) in [6.07, 6.45) is -0.499. The molecule has 0 saturated carbocycles. The highest BCUT2D eigenvalue weighted by atomic mass is 16.5. The van der Waals surface area contributed by atoms with Crippen molar-refractivity contribution in [1.29, 1.82) is 0 Å². The van der Waals surface area contributed by atoms with E-state index in [0.717, 1.165) is 16.5 Å². The first kappa shape index (κ1) is 13.1. The number of aliphatic hydroxyl groups excluding tert-OH is 1. The third-order valence-electron chi connectivity index (χ3n) is 2.94. The maximum absolute atomic E-state index is 9.84. The number of ether oxygens (including phenoxy) is 1. The van der Waals surface area contributed by atoms with E-state index >= 15 is 0 Å². The molecule has 0 aromatic heterocycles. The molecule has 1 unspecified atom stereocenters. The first-order chi connectivity index (χ1) is 13.2. The van der Waals surface area contributed by atoms with E-state index in [0.29, 0.717) is 19.2 Å². The number of fused-ring (bicyclic) bond motifs is 1. The lowest BCUT2D eigenvalue weighted by molar-refractivity contribution is 0.105. The fourth-order valence-corrected chi connectivity index (χ4v) is 1.94. The summed E-state index contributed by atoms with van der Waals surface area (Å²) in [6, 6.07) is 14.4. The first-order valence-corrected chi connectivity index (χ1v) is 6.69. The van der Waals surface area contributed by atoms with E-state index < -0.39 is 6.10 Å². The van der Waals surface area contributed by atoms with Crippen molar-refractivity contribution in [2.75, 3.05) is 13.2 Å². The lowest BCUT2D eigenvalue weighted by Gasteiger charge is -2.15. The monoisotopic (exact) mass is 304 g/mol. The quantitative estimate of drug-likeness (QED) is 0.820. The Balaban J connectivity index is -0.000000285. The number of rotatable bonds is 6. The van der Waals surface area contributed by atoms with Gasteiger partial charge >= 0.3 is 0 Å². The van der Waals surface area contributed by atoms with Crippen LogP contribution in [0.1, 0.15) is 39.0 Å². The van der Waals surface area contributed by atoms with Crippen molar-refractivity contribution in [3.8, 4) is 5.75 Å². The molecule has 0 bridgehead atoms. The highest BCUT2D eigenvalue weighted by Crippen LogP contribution is 2.25. The molecule has 0 spiro atoms. The Labute approximate surface area is 139 Å². The van der Waals surface area contributed by atoms with Crippen LogP contribution < -0.4 is 10.1 Å². The summed E-state index contributed by atoms with van der Waals surface area (Å²) >= 11 is 0. The van der Waals surface area contributed by atoms with E-state index in [1.807, 2.05) is 30.3 Å². The molecule has 2 aromatic rings. The molecule has 0 aliphatic rings. The lowest BCUT2D eigenvalue weighted by Crippen LogP contribution is -2.35. The van der Waals surface area contributed by atoms with E-state index in [1.54, 1.807) is 0 Å². The van der Waals surface area contributed by atoms with E-state index in [9.17, 15) is 5.11 Å². The van der Waals surface area contributed by atoms with Gasteiger partial charge in [-0.2, -0.15) is 0 Å². The highest BCUT2D eigenvalue weighted by molar-refractivity contribution is 5.88. The molecule has 124 valence electrons. The molecule has 2 aromatic carbocycles. The zero-order valence-electron chi connectivity index (χ0n) is 19.5. The maximum atomic E-state index is 9.84. The van der Waals surface area contributed by atoms with Gasteiger partial charge in [0.15, 0.2) is 0 Å². The van der Waals surface area contributed by atoms with Gasteiger partial charge in [-0.3, -0.25) is 0 Å². The zero-order valence-corrected chi connectivity index (χ0v) is 12.5. The molecule has 3 heteroatoms. The van der Waals surface area contributed by atoms with Crippen molar-refractivity contribution in [3.05, 3.63) is 42.5 Å². The zero-order chi connectivity index (χ0) is 21.7. The van der Waals surface area contributed by atoms with Gasteiger partial charge in [0, 0.05) is 28.3 Å². The van der Waals surface area contributed by atoms with Gasteiger partial charge in [-0.25, -0.2) is 0 Å². The minimum atomic E-state index is -0.499. The van der Waals surface area contributed by atoms with Crippen LogP contribution in [0.2, 0.25) is 0 Å². The minimum Gasteiger partial charge on any atom is -0.490 e. The van der Waals surface area contributed by atoms with Crippen molar-refractivity contribution in [2.45, 2.75) is 40.8 Å². The number of hydrogen-bond acceptors (Lipinski definition) is 3.